The lowest BCUT2D eigenvalue weighted by Gasteiger charge is -2.39. The van der Waals surface area contributed by atoms with Gasteiger partial charge < -0.3 is 20.5 Å². The Balaban J connectivity index is 2.01. The van der Waals surface area contributed by atoms with Gasteiger partial charge in [-0.1, -0.05) is 12.8 Å². The maximum atomic E-state index is 12.4. The molecule has 2 fully saturated rings. The van der Waals surface area contributed by atoms with E-state index >= 15 is 0 Å². The molecule has 1 amide bonds. The second-order valence-corrected chi connectivity index (χ2v) is 5.00. The second-order valence-electron chi connectivity index (χ2n) is 5.00. The van der Waals surface area contributed by atoms with Crippen LogP contribution in [0.2, 0.25) is 0 Å². The van der Waals surface area contributed by atoms with E-state index in [9.17, 15) is 9.90 Å². The Bertz CT molecular complexity index is 272. The molecule has 2 aliphatic rings. The van der Waals surface area contributed by atoms with Crippen molar-refractivity contribution >= 4 is 5.91 Å². The van der Waals surface area contributed by atoms with Gasteiger partial charge in [0.1, 0.15) is 0 Å². The Morgan fingerprint density at radius 3 is 2.88 bits per heavy atom. The molecule has 3 atom stereocenters. The number of carbonyl (C=O) groups excluding carboxylic acids is 1. The van der Waals surface area contributed by atoms with Crippen LogP contribution in [0.25, 0.3) is 0 Å². The van der Waals surface area contributed by atoms with Gasteiger partial charge in [0.2, 0.25) is 5.91 Å². The Morgan fingerprint density at radius 1 is 1.41 bits per heavy atom. The van der Waals surface area contributed by atoms with Gasteiger partial charge in [0.05, 0.1) is 31.8 Å². The van der Waals surface area contributed by atoms with Gasteiger partial charge in [0, 0.05) is 12.6 Å². The van der Waals surface area contributed by atoms with Crippen molar-refractivity contribution < 1.29 is 14.6 Å². The zero-order valence-corrected chi connectivity index (χ0v) is 10.2. The van der Waals surface area contributed by atoms with Crippen molar-refractivity contribution in [2.45, 2.75) is 37.8 Å². The van der Waals surface area contributed by atoms with Gasteiger partial charge in [0.15, 0.2) is 0 Å². The topological polar surface area (TPSA) is 75.8 Å². The number of nitrogens with zero attached hydrogens (tertiary/aromatic N) is 1. The first-order valence-electron chi connectivity index (χ1n) is 6.48. The molecule has 5 nitrogen and oxygen atoms in total. The smallest absolute Gasteiger partial charge is 0.227 e. The number of rotatable bonds is 2. The lowest BCUT2D eigenvalue weighted by molar-refractivity contribution is -0.147. The normalized spacial score (nSPS) is 34.7. The summed E-state index contributed by atoms with van der Waals surface area (Å²) in [6.07, 6.45) is 4.02. The van der Waals surface area contributed by atoms with Crippen LogP contribution in [0.4, 0.5) is 0 Å². The van der Waals surface area contributed by atoms with Crippen LogP contribution in [0, 0.1) is 5.92 Å². The Hall–Kier alpha value is -0.650. The third kappa shape index (κ3) is 2.78. The largest absolute Gasteiger partial charge is 0.394 e. The van der Waals surface area contributed by atoms with Gasteiger partial charge in [-0.2, -0.15) is 0 Å². The van der Waals surface area contributed by atoms with E-state index in [2.05, 4.69) is 0 Å². The minimum atomic E-state index is -0.189. The van der Waals surface area contributed by atoms with E-state index in [4.69, 9.17) is 10.5 Å². The standard InChI is InChI=1S/C12H22N2O3/c13-11-4-2-1-3-10(11)12(16)14-5-6-17-8-9(14)7-15/h9-11,15H,1-8,13H2. The number of hydrogen-bond donors (Lipinski definition) is 2. The average Bonchev–Trinajstić information content (AvgIpc) is 2.38. The van der Waals surface area contributed by atoms with Crippen LogP contribution in [0.5, 0.6) is 0 Å². The molecule has 0 radical (unpaired) electrons. The van der Waals surface area contributed by atoms with Crippen molar-refractivity contribution in [1.82, 2.24) is 4.90 Å². The summed E-state index contributed by atoms with van der Waals surface area (Å²) >= 11 is 0. The van der Waals surface area contributed by atoms with Crippen LogP contribution >= 0.6 is 0 Å². The fourth-order valence-corrected chi connectivity index (χ4v) is 2.78. The molecule has 1 saturated heterocycles. The van der Waals surface area contributed by atoms with Gasteiger partial charge in [-0.25, -0.2) is 0 Å². The van der Waals surface area contributed by atoms with E-state index in [1.54, 1.807) is 4.90 Å². The highest BCUT2D eigenvalue weighted by atomic mass is 16.5. The third-order valence-electron chi connectivity index (χ3n) is 3.86. The zero-order valence-electron chi connectivity index (χ0n) is 10.2. The maximum absolute atomic E-state index is 12.4. The van der Waals surface area contributed by atoms with E-state index in [0.29, 0.717) is 19.8 Å². The summed E-state index contributed by atoms with van der Waals surface area (Å²) in [6, 6.07) is -0.205. The predicted molar refractivity (Wildman–Crippen MR) is 63.3 cm³/mol. The maximum Gasteiger partial charge on any atom is 0.227 e. The van der Waals surface area contributed by atoms with E-state index in [0.717, 1.165) is 25.7 Å². The second kappa shape index (κ2) is 5.80. The molecule has 98 valence electrons. The predicted octanol–water partition coefficient (Wildman–Crippen LogP) is -0.276. The molecule has 1 aliphatic heterocycles. The summed E-state index contributed by atoms with van der Waals surface area (Å²) in [5.41, 5.74) is 6.03. The highest BCUT2D eigenvalue weighted by molar-refractivity contribution is 5.80. The summed E-state index contributed by atoms with van der Waals surface area (Å²) in [7, 11) is 0. The monoisotopic (exact) mass is 242 g/mol. The molecule has 3 N–H and O–H groups in total. The quantitative estimate of drug-likeness (QED) is 0.698. The lowest BCUT2D eigenvalue weighted by Crippen LogP contribution is -2.55. The summed E-state index contributed by atoms with van der Waals surface area (Å²) in [6.45, 7) is 1.54. The van der Waals surface area contributed by atoms with Gasteiger partial charge in [-0.05, 0) is 12.8 Å². The Morgan fingerprint density at radius 2 is 2.18 bits per heavy atom. The van der Waals surface area contributed by atoms with E-state index < -0.39 is 0 Å². The molecule has 17 heavy (non-hydrogen) atoms. The number of aliphatic hydroxyl groups is 1. The van der Waals surface area contributed by atoms with Crippen molar-refractivity contribution in [3.05, 3.63) is 0 Å². The number of morpholine rings is 1. The minimum Gasteiger partial charge on any atom is -0.394 e. The number of nitrogens with two attached hydrogens (primary N) is 1. The van der Waals surface area contributed by atoms with Crippen LogP contribution in [0.1, 0.15) is 25.7 Å². The summed E-state index contributed by atoms with van der Waals surface area (Å²) in [5, 5.41) is 9.27. The van der Waals surface area contributed by atoms with Crippen molar-refractivity contribution in [1.29, 1.82) is 0 Å². The van der Waals surface area contributed by atoms with E-state index in [1.165, 1.54) is 0 Å². The molecule has 1 saturated carbocycles. The van der Waals surface area contributed by atoms with Crippen LogP contribution in [-0.2, 0) is 9.53 Å². The first-order chi connectivity index (χ1) is 8.24. The zero-order chi connectivity index (χ0) is 12.3. The fourth-order valence-electron chi connectivity index (χ4n) is 2.78. The van der Waals surface area contributed by atoms with Gasteiger partial charge >= 0.3 is 0 Å². The molecule has 0 bridgehead atoms. The van der Waals surface area contributed by atoms with Crippen LogP contribution < -0.4 is 5.73 Å². The van der Waals surface area contributed by atoms with Crippen LogP contribution in [0.3, 0.4) is 0 Å². The number of aliphatic hydroxyl groups excluding tert-OH is 1. The molecule has 0 aromatic carbocycles. The Kier molecular flexibility index (Phi) is 4.36. The molecule has 1 heterocycles. The van der Waals surface area contributed by atoms with Crippen molar-refractivity contribution in [2.24, 2.45) is 11.7 Å². The van der Waals surface area contributed by atoms with Crippen LogP contribution in [0.15, 0.2) is 0 Å². The molecule has 0 aromatic heterocycles. The van der Waals surface area contributed by atoms with Crippen molar-refractivity contribution in [3.63, 3.8) is 0 Å². The third-order valence-corrected chi connectivity index (χ3v) is 3.86. The SMILES string of the molecule is NC1CCCCC1C(=O)N1CCOCC1CO. The molecular formula is C12H22N2O3. The van der Waals surface area contributed by atoms with E-state index in [-0.39, 0.29) is 30.5 Å². The molecule has 2 rings (SSSR count). The first-order valence-corrected chi connectivity index (χ1v) is 6.48. The first kappa shape index (κ1) is 12.8. The van der Waals surface area contributed by atoms with Crippen LogP contribution in [-0.4, -0.2) is 54.4 Å². The Labute approximate surface area is 102 Å². The molecule has 0 aromatic rings. The van der Waals surface area contributed by atoms with E-state index in [1.807, 2.05) is 0 Å². The van der Waals surface area contributed by atoms with Crippen molar-refractivity contribution in [2.75, 3.05) is 26.4 Å². The molecule has 5 heteroatoms. The highest BCUT2D eigenvalue weighted by Gasteiger charge is 2.35. The summed E-state index contributed by atoms with van der Waals surface area (Å²) in [5.74, 6) is 0.0513. The summed E-state index contributed by atoms with van der Waals surface area (Å²) in [4.78, 5) is 14.2. The number of amides is 1. The molecule has 1 aliphatic carbocycles. The molecule has 3 unspecified atom stereocenters. The molecule has 0 spiro atoms. The number of ether oxygens (including phenoxy) is 1. The lowest BCUT2D eigenvalue weighted by atomic mass is 9.84. The van der Waals surface area contributed by atoms with Gasteiger partial charge in [-0.15, -0.1) is 0 Å². The van der Waals surface area contributed by atoms with Gasteiger partial charge in [0.25, 0.3) is 0 Å². The van der Waals surface area contributed by atoms with Crippen molar-refractivity contribution in [3.8, 4) is 0 Å². The van der Waals surface area contributed by atoms with Gasteiger partial charge in [-0.3, -0.25) is 4.79 Å². The number of hydrogen-bond acceptors (Lipinski definition) is 4. The molecular weight excluding hydrogens is 220 g/mol. The highest BCUT2D eigenvalue weighted by Crippen LogP contribution is 2.26. The average molecular weight is 242 g/mol. The minimum absolute atomic E-state index is 0.0153. The summed E-state index contributed by atoms with van der Waals surface area (Å²) < 4.78 is 5.28. The number of carbonyl (C=O) groups is 1. The fraction of sp³-hybridized carbons (Fsp3) is 0.917.